The van der Waals surface area contributed by atoms with E-state index < -0.39 is 16.1 Å². The summed E-state index contributed by atoms with van der Waals surface area (Å²) in [6.07, 6.45) is 55.0. The molecule has 1 aromatic rings. The zero-order valence-corrected chi connectivity index (χ0v) is 61.3. The van der Waals surface area contributed by atoms with Crippen LogP contribution >= 0.6 is 0 Å². The van der Waals surface area contributed by atoms with Gasteiger partial charge in [0.05, 0.1) is 56.5 Å². The van der Waals surface area contributed by atoms with Crippen LogP contribution < -0.4 is 30.3 Å². The number of nitrogens with two attached hydrogens (primary N) is 2. The predicted molar refractivity (Wildman–Crippen MR) is 386 cm³/mol. The van der Waals surface area contributed by atoms with E-state index in [1.54, 1.807) is 30.3 Å². The number of carboxylic acid groups (broad SMARTS) is 1. The van der Waals surface area contributed by atoms with Crippen molar-refractivity contribution in [3.05, 3.63) is 48.9 Å². The molecule has 558 valence electrons. The summed E-state index contributed by atoms with van der Waals surface area (Å²) < 4.78 is 48.2. The van der Waals surface area contributed by atoms with E-state index in [1.807, 2.05) is 13.8 Å². The number of rotatable bonds is 16. The number of carbonyl (C=O) groups is 4. The first-order valence-electron chi connectivity index (χ1n) is 34.7. The number of aliphatic carboxylic acids is 1. The smallest absolute Gasteiger partial charge is 0.697 e. The first kappa shape index (κ1) is 102. The second-order valence-electron chi connectivity index (χ2n) is 25.4. The van der Waals surface area contributed by atoms with E-state index in [2.05, 4.69) is 40.2 Å². The molecule has 0 amide bonds. The van der Waals surface area contributed by atoms with Gasteiger partial charge in [0.2, 0.25) is 0 Å². The van der Waals surface area contributed by atoms with Crippen LogP contribution in [0.4, 0.5) is 0 Å². The summed E-state index contributed by atoms with van der Waals surface area (Å²) in [5.74, 6) is 11.1. The van der Waals surface area contributed by atoms with Gasteiger partial charge in [-0.2, -0.15) is 8.42 Å². The van der Waals surface area contributed by atoms with Gasteiger partial charge >= 0.3 is 42.7 Å². The Morgan fingerprint density at radius 2 is 0.776 bits per heavy atom. The minimum Gasteiger partial charge on any atom is -0.697 e. The Labute approximate surface area is 605 Å². The molecule has 0 bridgehead atoms. The molecule has 1 saturated heterocycles. The van der Waals surface area contributed by atoms with Crippen LogP contribution in [0, 0.1) is 128 Å². The van der Waals surface area contributed by atoms with Crippen LogP contribution in [0.25, 0.3) is 0 Å². The number of carboxylic acids is 1. The average Bonchev–Trinajstić information content (AvgIpc) is 0.958. The van der Waals surface area contributed by atoms with Crippen LogP contribution in [-0.2, 0) is 52.4 Å². The van der Waals surface area contributed by atoms with Crippen LogP contribution in [0.2, 0.25) is 0 Å². The fourth-order valence-corrected chi connectivity index (χ4v) is 13.0. The number of ether oxygens (including phenoxy) is 4. The Kier molecular flexibility index (Phi) is 70.8. The van der Waals surface area contributed by atoms with E-state index in [0.29, 0.717) is 68.4 Å². The standard InChI is InChI=1S/C15H22O4S.C11H16O2.C10H16O4.C10H14O2.C10H16O.C8H16O2.C4H8O.C3H6.C2H8N2.C2H.CH4O.CH4.Li/c1-12-2-8-15(9-3-12)20(17,18)19-11-14-6-4-13(10-16)5-7-14;1-3-4-9-5-7-10(8-6-9)11(12)13-2;1-13-9(11)7-3-5-8(6-4-7)10(12)14-2;1-2-3-8-4-6-9(7-5-8)10(11)12;1-2-3-9-4-6-10(8-11)7-5-9;9-5-7-1-2-8(6-10)4-3-7;1-2-4-5-3-1;1-3-2;3-1-2-4;2*1-2;;/h2-3,8-9,13-14,16H,4-7,10-11H2,1H3;1,9-10H,4-8H2,2H3;7-8H,3-6H2,1-2H3;1,8-9H,3-7H2,(H,11,12);1,9-11H,3-8H2;7-10H,1-6H2;1-4H2;3H,1H2,2H3;1-4H2;1H;2H,1H3;1H4;/q;;;;;;;;;-1;;;+1. The summed E-state index contributed by atoms with van der Waals surface area (Å²) in [7, 11) is 1.60. The maximum Gasteiger partial charge on any atom is 1.00 e. The maximum absolute atomic E-state index is 12.0. The van der Waals surface area contributed by atoms with Gasteiger partial charge < -0.3 is 73.9 Å². The molecular formula is C77H131LiN2O17S. The van der Waals surface area contributed by atoms with Crippen molar-refractivity contribution in [1.29, 1.82) is 0 Å². The molecule has 0 unspecified atom stereocenters. The number of terminal acetylenes is 4. The first-order chi connectivity index (χ1) is 46.3. The molecule has 0 radical (unpaired) electrons. The average molecular weight is 1400 g/mol. The van der Waals surface area contributed by atoms with E-state index in [-0.39, 0.29) is 91.9 Å². The molecular weight excluding hydrogens is 1260 g/mol. The van der Waals surface area contributed by atoms with E-state index in [1.165, 1.54) is 59.9 Å². The second-order valence-corrected chi connectivity index (χ2v) is 27.0. The predicted octanol–water partition coefficient (Wildman–Crippen LogP) is 8.46. The number of methoxy groups -OCH3 is 3. The Bertz CT molecular complexity index is 2290. The van der Waals surface area contributed by atoms with Crippen LogP contribution in [0.15, 0.2) is 41.8 Å². The Morgan fingerprint density at radius 3 is 1.00 bits per heavy atom. The van der Waals surface area contributed by atoms with E-state index >= 15 is 0 Å². The molecule has 21 heteroatoms. The van der Waals surface area contributed by atoms with Gasteiger partial charge in [-0.15, -0.1) is 43.6 Å². The Morgan fingerprint density at radius 1 is 0.531 bits per heavy atom. The molecule has 6 saturated carbocycles. The first-order valence-corrected chi connectivity index (χ1v) is 36.1. The molecule has 98 heavy (non-hydrogen) atoms. The number of hydrogen-bond acceptors (Lipinski definition) is 18. The van der Waals surface area contributed by atoms with Gasteiger partial charge in [0.1, 0.15) is 0 Å². The SMILES string of the molecule is C.C#CCC1CCC(C(=O)O)CC1.C#CCC1CCC(C(=O)OC)CC1.C#CCC1CCC(CO)CC1.C1CCOC1.C=CC.CO.COC(=O)C1CCC(C(=O)OC)CC1.Cc1ccc(S(=O)(=O)OCC2CCC(CO)CC2)cc1.NCCN.OCC1CCC(CO)CC1.[C-]#C.[Li+]. The number of aryl methyl sites for hydroxylation is 1. The molecule has 1 heterocycles. The molecule has 7 aliphatic rings. The Hall–Kier alpha value is -4.73. The number of aliphatic hydroxyl groups excluding tert-OH is 5. The van der Waals surface area contributed by atoms with E-state index in [0.717, 1.165) is 179 Å². The van der Waals surface area contributed by atoms with Gasteiger partial charge in [0.25, 0.3) is 10.1 Å². The number of allylic oxidation sites excluding steroid dienone is 1. The third-order valence-corrected chi connectivity index (χ3v) is 19.6. The van der Waals surface area contributed by atoms with Crippen molar-refractivity contribution in [2.75, 3.05) is 87.8 Å². The van der Waals surface area contributed by atoms with Crippen LogP contribution in [0.1, 0.15) is 206 Å². The molecule has 1 aromatic carbocycles. The van der Waals surface area contributed by atoms with Crippen LogP contribution in [-0.4, -0.2) is 151 Å². The van der Waals surface area contributed by atoms with Gasteiger partial charge in [0, 0.05) is 79.1 Å². The van der Waals surface area contributed by atoms with Gasteiger partial charge in [0.15, 0.2) is 0 Å². The summed E-state index contributed by atoms with van der Waals surface area (Å²) >= 11 is 0. The van der Waals surface area contributed by atoms with Crippen LogP contribution in [0.5, 0.6) is 0 Å². The van der Waals surface area contributed by atoms with Crippen molar-refractivity contribution in [2.45, 2.75) is 212 Å². The van der Waals surface area contributed by atoms with Crippen molar-refractivity contribution in [2.24, 2.45) is 82.5 Å². The van der Waals surface area contributed by atoms with Crippen LogP contribution in [0.3, 0.4) is 0 Å². The largest absolute Gasteiger partial charge is 1.00 e. The summed E-state index contributed by atoms with van der Waals surface area (Å²) in [5, 5.41) is 51.2. The molecule has 6 aliphatic carbocycles. The van der Waals surface area contributed by atoms with Crippen molar-refractivity contribution in [3.63, 3.8) is 0 Å². The molecule has 1 aliphatic heterocycles. The third kappa shape index (κ3) is 49.7. The number of esters is 3. The minimum absolute atomic E-state index is 0. The zero-order chi connectivity index (χ0) is 73.0. The molecule has 7 fully saturated rings. The van der Waals surface area contributed by atoms with Gasteiger partial charge in [-0.1, -0.05) is 31.2 Å². The molecule has 10 N–H and O–H groups in total. The summed E-state index contributed by atoms with van der Waals surface area (Å²) in [5.41, 5.74) is 10.8. The number of hydrogen-bond donors (Lipinski definition) is 8. The summed E-state index contributed by atoms with van der Waals surface area (Å²) in [6.45, 7) is 11.9. The van der Waals surface area contributed by atoms with Crippen molar-refractivity contribution >= 4 is 34.0 Å². The van der Waals surface area contributed by atoms with E-state index in [4.69, 9.17) is 81.5 Å². The number of carbonyl (C=O) groups excluding carboxylic acids is 3. The summed E-state index contributed by atoms with van der Waals surface area (Å²) in [6, 6.07) is 6.69. The monoisotopic (exact) mass is 1390 g/mol. The quantitative estimate of drug-likeness (QED) is 0.0146. The number of benzene rings is 1. The third-order valence-electron chi connectivity index (χ3n) is 18.3. The fourth-order valence-electron chi connectivity index (χ4n) is 12.0. The molecule has 8 rings (SSSR count). The van der Waals surface area contributed by atoms with E-state index in [9.17, 15) is 27.6 Å². The zero-order valence-electron chi connectivity index (χ0n) is 60.4. The minimum atomic E-state index is -3.64. The maximum atomic E-state index is 12.0. The molecule has 0 spiro atoms. The van der Waals surface area contributed by atoms with Crippen molar-refractivity contribution in [1.82, 2.24) is 0 Å². The Balaban J connectivity index is -0.000000340. The van der Waals surface area contributed by atoms with Gasteiger partial charge in [-0.25, -0.2) is 0 Å². The number of aliphatic hydroxyl groups is 5. The van der Waals surface area contributed by atoms with Crippen molar-refractivity contribution < 1.29 is 100 Å². The normalized spacial score (nSPS) is 24.7. The second kappa shape index (κ2) is 68.1. The molecule has 0 atom stereocenters. The van der Waals surface area contributed by atoms with Gasteiger partial charge in [-0.3, -0.25) is 23.4 Å². The molecule has 0 aromatic heterocycles. The topological polar surface area (TPSA) is 322 Å². The molecule has 19 nitrogen and oxygen atoms in total. The fraction of sp³-hybridized carbons (Fsp3) is 0.740. The van der Waals surface area contributed by atoms with Gasteiger partial charge in [-0.05, 0) is 240 Å². The van der Waals surface area contributed by atoms with Crippen molar-refractivity contribution in [3.8, 4) is 43.5 Å². The summed E-state index contributed by atoms with van der Waals surface area (Å²) in [4.78, 5) is 44.3.